The number of thioether (sulfide) groups is 1. The van der Waals surface area contributed by atoms with Crippen LogP contribution in [-0.2, 0) is 27.1 Å². The number of aromatic nitrogens is 1. The minimum Gasteiger partial charge on any atom is -0.325 e. The van der Waals surface area contributed by atoms with Crippen molar-refractivity contribution in [2.24, 2.45) is 5.92 Å². The van der Waals surface area contributed by atoms with Crippen LogP contribution in [-0.4, -0.2) is 32.5 Å². The third-order valence-corrected chi connectivity index (χ3v) is 10.6. The van der Waals surface area contributed by atoms with Crippen LogP contribution < -0.4 is 15.1 Å². The minimum atomic E-state index is -4.61. The first-order chi connectivity index (χ1) is 20.4. The quantitative estimate of drug-likeness (QED) is 0.170. The Morgan fingerprint density at radius 3 is 2.42 bits per heavy atom. The van der Waals surface area contributed by atoms with Gasteiger partial charge in [0.1, 0.15) is 11.8 Å². The molecule has 2 aliphatic heterocycles. The molecule has 3 atom stereocenters. The van der Waals surface area contributed by atoms with Crippen LogP contribution in [0.2, 0.25) is 0 Å². The fourth-order valence-electron chi connectivity index (χ4n) is 5.13. The number of nitrogens with one attached hydrogen (secondary N) is 1. The highest BCUT2D eigenvalue weighted by Gasteiger charge is 2.57. The second-order valence-corrected chi connectivity index (χ2v) is 12.7. The maximum atomic E-state index is 13.8. The van der Waals surface area contributed by atoms with Gasteiger partial charge in [0, 0.05) is 33.5 Å². The molecule has 10 nitrogen and oxygen atoms in total. The number of carbonyl (C=O) groups excluding carboxylic acids is 3. The number of benzene rings is 2. The van der Waals surface area contributed by atoms with E-state index in [0.717, 1.165) is 55.6 Å². The van der Waals surface area contributed by atoms with E-state index in [-0.39, 0.29) is 17.1 Å². The number of anilines is 2. The summed E-state index contributed by atoms with van der Waals surface area (Å²) >= 11 is 3.16. The molecule has 4 aromatic rings. The van der Waals surface area contributed by atoms with E-state index in [1.807, 2.05) is 0 Å². The number of alkyl halides is 3. The van der Waals surface area contributed by atoms with Crippen LogP contribution in [0, 0.1) is 16.0 Å². The van der Waals surface area contributed by atoms with Gasteiger partial charge in [-0.15, -0.1) is 11.3 Å². The first kappa shape index (κ1) is 28.8. The van der Waals surface area contributed by atoms with E-state index in [0.29, 0.717) is 9.90 Å². The van der Waals surface area contributed by atoms with Crippen LogP contribution >= 0.6 is 34.4 Å². The van der Waals surface area contributed by atoms with Gasteiger partial charge in [-0.1, -0.05) is 35.2 Å². The average Bonchev–Trinajstić information content (AvgIpc) is 3.66. The Hall–Kier alpha value is -4.28. The molecule has 1 fully saturated rings. The van der Waals surface area contributed by atoms with Crippen molar-refractivity contribution in [2.45, 2.75) is 28.9 Å². The van der Waals surface area contributed by atoms with Crippen molar-refractivity contribution >= 4 is 69.2 Å². The Morgan fingerprint density at radius 2 is 1.77 bits per heavy atom. The van der Waals surface area contributed by atoms with Crippen LogP contribution in [0.3, 0.4) is 0 Å². The maximum Gasteiger partial charge on any atom is 0.416 e. The number of hydrogen-bond donors (Lipinski definition) is 1. The van der Waals surface area contributed by atoms with Crippen LogP contribution in [0.4, 0.5) is 30.2 Å². The van der Waals surface area contributed by atoms with Crippen molar-refractivity contribution in [2.75, 3.05) is 10.2 Å². The summed E-state index contributed by atoms with van der Waals surface area (Å²) in [4.78, 5) is 65.7. The summed E-state index contributed by atoms with van der Waals surface area (Å²) in [5, 5.41) is 14.6. The molecule has 1 N–H and O–H groups in total. The molecule has 0 spiro atoms. The summed E-state index contributed by atoms with van der Waals surface area (Å²) in [5.74, 6) is -3.40. The van der Waals surface area contributed by atoms with Gasteiger partial charge in [0.2, 0.25) is 17.7 Å². The van der Waals surface area contributed by atoms with Gasteiger partial charge < -0.3 is 5.32 Å². The van der Waals surface area contributed by atoms with Gasteiger partial charge in [-0.05, 0) is 41.8 Å². The lowest BCUT2D eigenvalue weighted by Gasteiger charge is -2.29. The Morgan fingerprint density at radius 1 is 1.02 bits per heavy atom. The van der Waals surface area contributed by atoms with Crippen molar-refractivity contribution in [1.82, 2.24) is 4.57 Å². The monoisotopic (exact) mass is 646 g/mol. The average molecular weight is 647 g/mol. The van der Waals surface area contributed by atoms with Crippen molar-refractivity contribution < 1.29 is 32.5 Å². The fourth-order valence-corrected chi connectivity index (χ4v) is 8.85. The van der Waals surface area contributed by atoms with E-state index >= 15 is 0 Å². The molecule has 2 aromatic carbocycles. The summed E-state index contributed by atoms with van der Waals surface area (Å²) in [6.07, 6.45) is -4.61. The number of carbonyl (C=O) groups is 3. The van der Waals surface area contributed by atoms with E-state index in [4.69, 9.17) is 0 Å². The summed E-state index contributed by atoms with van der Waals surface area (Å²) < 4.78 is 40.5. The number of thiazole rings is 1. The first-order valence-electron chi connectivity index (χ1n) is 12.5. The number of nitrogens with zero attached hydrogens (tertiary/aromatic N) is 3. The number of imide groups is 1. The zero-order valence-electron chi connectivity index (χ0n) is 21.4. The summed E-state index contributed by atoms with van der Waals surface area (Å²) in [6, 6.07) is 12.7. The molecule has 4 heterocycles. The number of nitro benzene ring substituents is 1. The van der Waals surface area contributed by atoms with E-state index in [2.05, 4.69) is 5.32 Å². The number of halogens is 3. The number of thiophene rings is 1. The van der Waals surface area contributed by atoms with Gasteiger partial charge in [0.05, 0.1) is 27.1 Å². The highest BCUT2D eigenvalue weighted by molar-refractivity contribution is 8.00. The number of fused-ring (bicyclic) bond motifs is 2. The molecule has 43 heavy (non-hydrogen) atoms. The standard InChI is InChI=1S/C27H17F3N4O6S3/c28-27(29,30)13-3-1-4-14(11-13)31-18(35)12-32-25-22(43-26(32)38)19(17-5-2-10-41-17)20-21(42-25)24(37)33(23(20)36)15-6-8-16(9-7-15)34(39)40/h1-11,19-21H,12H2,(H,31,35)/t19-,20-,21+/m0/s1. The highest BCUT2D eigenvalue weighted by Crippen LogP contribution is 2.54. The fraction of sp³-hybridized carbons (Fsp3) is 0.185. The third-order valence-electron chi connectivity index (χ3n) is 6.99. The summed E-state index contributed by atoms with van der Waals surface area (Å²) in [7, 11) is 0. The van der Waals surface area contributed by atoms with Crippen LogP contribution in [0.5, 0.6) is 0 Å². The van der Waals surface area contributed by atoms with Gasteiger partial charge in [0.15, 0.2) is 0 Å². The van der Waals surface area contributed by atoms with Gasteiger partial charge >= 0.3 is 11.0 Å². The van der Waals surface area contributed by atoms with Crippen molar-refractivity contribution in [3.05, 3.63) is 101 Å². The topological polar surface area (TPSA) is 132 Å². The molecule has 0 bridgehead atoms. The second kappa shape index (κ2) is 10.8. The number of hydrogen-bond acceptors (Lipinski definition) is 9. The lowest BCUT2D eigenvalue weighted by atomic mass is 9.87. The van der Waals surface area contributed by atoms with Gasteiger partial charge in [-0.25, -0.2) is 4.90 Å². The number of non-ortho nitro benzene ring substituents is 1. The second-order valence-electron chi connectivity index (χ2n) is 9.59. The molecular weight excluding hydrogens is 630 g/mol. The number of rotatable bonds is 6. The Kier molecular flexibility index (Phi) is 7.22. The lowest BCUT2D eigenvalue weighted by molar-refractivity contribution is -0.384. The molecule has 0 unspecified atom stereocenters. The Labute approximate surface area is 251 Å². The summed E-state index contributed by atoms with van der Waals surface area (Å²) in [6.45, 7) is -0.531. The van der Waals surface area contributed by atoms with Crippen molar-refractivity contribution in [3.8, 4) is 0 Å². The molecule has 2 aliphatic rings. The molecule has 0 aliphatic carbocycles. The molecule has 2 aromatic heterocycles. The first-order valence-corrected chi connectivity index (χ1v) is 15.0. The molecule has 220 valence electrons. The smallest absolute Gasteiger partial charge is 0.325 e. The molecular formula is C27H17F3N4O6S3. The Balaban J connectivity index is 1.34. The SMILES string of the molecule is O=C(Cn1c2c(sc1=O)[C@@H](c1cccs1)[C@@H]1C(=O)N(c3ccc([N+](=O)[O-])cc3)C(=O)[C@@H]1S2)Nc1cccc(C(F)(F)F)c1. The van der Waals surface area contributed by atoms with Crippen LogP contribution in [0.15, 0.2) is 75.9 Å². The Bertz CT molecular complexity index is 1840. The summed E-state index contributed by atoms with van der Waals surface area (Å²) in [5.41, 5.74) is -1.09. The number of nitro groups is 1. The van der Waals surface area contributed by atoms with Gasteiger partial charge in [-0.3, -0.25) is 33.9 Å². The maximum absolute atomic E-state index is 13.8. The van der Waals surface area contributed by atoms with Gasteiger partial charge in [0.25, 0.3) is 5.69 Å². The zero-order valence-corrected chi connectivity index (χ0v) is 23.9. The van der Waals surface area contributed by atoms with E-state index in [9.17, 15) is 42.5 Å². The van der Waals surface area contributed by atoms with Crippen molar-refractivity contribution in [3.63, 3.8) is 0 Å². The van der Waals surface area contributed by atoms with E-state index in [1.165, 1.54) is 41.7 Å². The molecule has 3 amide bonds. The van der Waals surface area contributed by atoms with E-state index < -0.39 is 62.9 Å². The predicted molar refractivity (Wildman–Crippen MR) is 154 cm³/mol. The van der Waals surface area contributed by atoms with Crippen LogP contribution in [0.1, 0.15) is 21.2 Å². The van der Waals surface area contributed by atoms with Crippen LogP contribution in [0.25, 0.3) is 0 Å². The lowest BCUT2D eigenvalue weighted by Crippen LogP contribution is -2.32. The highest BCUT2D eigenvalue weighted by atomic mass is 32.2. The van der Waals surface area contributed by atoms with E-state index in [1.54, 1.807) is 17.5 Å². The normalized spacial score (nSPS) is 19.7. The molecule has 16 heteroatoms. The predicted octanol–water partition coefficient (Wildman–Crippen LogP) is 5.33. The zero-order chi connectivity index (χ0) is 30.6. The molecule has 0 saturated carbocycles. The molecule has 6 rings (SSSR count). The largest absolute Gasteiger partial charge is 0.416 e. The minimum absolute atomic E-state index is 0.101. The molecule has 1 saturated heterocycles. The third kappa shape index (κ3) is 5.14. The number of amides is 3. The molecule has 0 radical (unpaired) electrons. The van der Waals surface area contributed by atoms with Gasteiger partial charge in [-0.2, -0.15) is 13.2 Å². The van der Waals surface area contributed by atoms with Crippen molar-refractivity contribution in [1.29, 1.82) is 0 Å².